The molecule has 8 nitrogen and oxygen atoms in total. The molecule has 0 saturated carbocycles. The Bertz CT molecular complexity index is 432. The number of nitrogens with zero attached hydrogens (tertiary/aromatic N) is 4. The largest absolute Gasteiger partial charge is 2.00 e. The van der Waals surface area contributed by atoms with Gasteiger partial charge in [-0.25, -0.2) is 0 Å². The summed E-state index contributed by atoms with van der Waals surface area (Å²) in [4.78, 5) is 0. The third-order valence-electron chi connectivity index (χ3n) is 5.16. The number of piperidine rings is 3. The van der Waals surface area contributed by atoms with Gasteiger partial charge in [0.2, 0.25) is 0 Å². The number of nitrogens with one attached hydrogen (secondary N) is 2. The number of rotatable bonds is 4. The summed E-state index contributed by atoms with van der Waals surface area (Å²) < 4.78 is 0. The van der Waals surface area contributed by atoms with Crippen molar-refractivity contribution in [2.45, 2.75) is 76.3 Å². The van der Waals surface area contributed by atoms with E-state index in [0.717, 1.165) is 38.4 Å². The molecule has 4 aliphatic rings. The molecule has 3 atom stereocenters. The second kappa shape index (κ2) is 17.1. The van der Waals surface area contributed by atoms with Gasteiger partial charge in [-0.2, -0.15) is 0 Å². The Morgan fingerprint density at radius 3 is 1.66 bits per heavy atom. The summed E-state index contributed by atoms with van der Waals surface area (Å²) in [5, 5.41) is 24.8. The second-order valence-corrected chi connectivity index (χ2v) is 7.39. The zero-order valence-corrected chi connectivity index (χ0v) is 18.3. The van der Waals surface area contributed by atoms with Crippen LogP contribution in [0, 0.1) is 0 Å². The predicted octanol–water partition coefficient (Wildman–Crippen LogP) is 2.74. The van der Waals surface area contributed by atoms with Gasteiger partial charge in [0.1, 0.15) is 0 Å². The van der Waals surface area contributed by atoms with Crippen molar-refractivity contribution in [3.63, 3.8) is 0 Å². The molecule has 3 unspecified atom stereocenters. The maximum absolute atomic E-state index is 4.55. The van der Waals surface area contributed by atoms with Crippen LogP contribution in [0.5, 0.6) is 0 Å². The molecule has 0 bridgehead atoms. The van der Waals surface area contributed by atoms with Gasteiger partial charge in [-0.05, 0) is 6.54 Å². The van der Waals surface area contributed by atoms with Gasteiger partial charge in [0.15, 0.2) is 0 Å². The van der Waals surface area contributed by atoms with E-state index < -0.39 is 0 Å². The maximum atomic E-state index is 4.55. The fraction of sp³-hybridized carbons (Fsp3) is 0.800. The summed E-state index contributed by atoms with van der Waals surface area (Å²) in [6.45, 7) is 3.89. The maximum Gasteiger partial charge on any atom is 2.00 e. The minimum Gasteiger partial charge on any atom is -0.660 e. The van der Waals surface area contributed by atoms with E-state index in [1.807, 2.05) is 18.2 Å². The van der Waals surface area contributed by atoms with Crippen LogP contribution in [0.3, 0.4) is 0 Å². The van der Waals surface area contributed by atoms with Crippen LogP contribution in [-0.4, -0.2) is 44.7 Å². The molecule has 9 heteroatoms. The van der Waals surface area contributed by atoms with Gasteiger partial charge in [0.25, 0.3) is 0 Å². The van der Waals surface area contributed by atoms with Crippen LogP contribution in [0.1, 0.15) is 57.8 Å². The number of hydrogen-bond donors (Lipinski definition) is 2. The number of allylic oxidation sites excluding steroid dienone is 2. The molecule has 0 aliphatic carbocycles. The fourth-order valence-corrected chi connectivity index (χ4v) is 3.66. The third-order valence-corrected chi connectivity index (χ3v) is 5.16. The predicted molar refractivity (Wildman–Crippen MR) is 119 cm³/mol. The van der Waals surface area contributed by atoms with Crippen molar-refractivity contribution < 1.29 is 28.0 Å². The van der Waals surface area contributed by atoms with Crippen LogP contribution in [0.25, 0.3) is 21.3 Å². The first-order valence-corrected chi connectivity index (χ1v) is 10.5. The Labute approximate surface area is 186 Å². The minimum atomic E-state index is 0. The Morgan fingerprint density at radius 1 is 0.724 bits per heavy atom. The number of hydrogen-bond acceptors (Lipinski definition) is 2. The van der Waals surface area contributed by atoms with Gasteiger partial charge in [-0.1, -0.05) is 94.2 Å². The molecule has 4 rings (SSSR count). The van der Waals surface area contributed by atoms with Gasteiger partial charge in [0, 0.05) is 0 Å². The molecule has 4 heterocycles. The molecule has 4 aliphatic heterocycles. The van der Waals surface area contributed by atoms with E-state index in [2.05, 4.69) is 31.9 Å². The van der Waals surface area contributed by atoms with Crippen LogP contribution >= 0.6 is 0 Å². The van der Waals surface area contributed by atoms with Gasteiger partial charge in [-0.15, -0.1) is 25.8 Å². The van der Waals surface area contributed by atoms with Gasteiger partial charge >= 0.3 is 17.1 Å². The van der Waals surface area contributed by atoms with Crippen molar-refractivity contribution in [2.24, 2.45) is 0 Å². The molecular weight excluding hydrogens is 420 g/mol. The SMILES string of the molecule is C1=CC[N-]C(NC2CCCC[N-]2)=C1.C1CCC(NC2CCCC[N-]2)[N-]C1.[Cu+2].[OH3+].[OH3+]. The summed E-state index contributed by atoms with van der Waals surface area (Å²) in [5.41, 5.74) is 0. The Kier molecular flexibility index (Phi) is 16.7. The second-order valence-electron chi connectivity index (χ2n) is 7.39. The van der Waals surface area contributed by atoms with E-state index in [1.165, 1.54) is 51.4 Å². The molecular formula is C20H40CuN6O2. The van der Waals surface area contributed by atoms with Crippen molar-refractivity contribution in [2.75, 3.05) is 26.2 Å². The van der Waals surface area contributed by atoms with Crippen molar-refractivity contribution in [3.05, 3.63) is 45.3 Å². The smallest absolute Gasteiger partial charge is 0.660 e. The Balaban J connectivity index is 0.000000490. The zero-order chi connectivity index (χ0) is 17.9. The molecule has 29 heavy (non-hydrogen) atoms. The molecule has 1 radical (unpaired) electrons. The van der Waals surface area contributed by atoms with Gasteiger partial charge in [-0.3, -0.25) is 0 Å². The summed E-state index contributed by atoms with van der Waals surface area (Å²) in [5.74, 6) is 0.984. The van der Waals surface area contributed by atoms with E-state index in [1.54, 1.807) is 0 Å². The van der Waals surface area contributed by atoms with Crippen LogP contribution < -0.4 is 10.6 Å². The van der Waals surface area contributed by atoms with Crippen molar-refractivity contribution in [1.82, 2.24) is 10.6 Å². The standard InChI is InChI=1S/C10H19N3.C10H15N3.Cu.2H2O/c2*1-3-7-11-9(5-1)13-10-6-2-4-8-12-10;;;/h9-10,13H,1-8H2;1,3,5,10,13H,2,4,6-8H2;;2*1H2/q2*-2;+2;;/p+2. The molecule has 3 fully saturated rings. The van der Waals surface area contributed by atoms with Crippen LogP contribution in [0.15, 0.2) is 24.0 Å². The first-order valence-electron chi connectivity index (χ1n) is 10.5. The van der Waals surface area contributed by atoms with E-state index in [0.29, 0.717) is 18.5 Å². The van der Waals surface area contributed by atoms with Gasteiger partial charge < -0.3 is 42.9 Å². The van der Waals surface area contributed by atoms with Crippen molar-refractivity contribution in [3.8, 4) is 0 Å². The normalized spacial score (nSPS) is 28.6. The molecule has 0 aromatic carbocycles. The fourth-order valence-electron chi connectivity index (χ4n) is 3.66. The summed E-state index contributed by atoms with van der Waals surface area (Å²) in [7, 11) is 0. The van der Waals surface area contributed by atoms with Crippen LogP contribution in [0.4, 0.5) is 0 Å². The van der Waals surface area contributed by atoms with E-state index in [4.69, 9.17) is 0 Å². The minimum absolute atomic E-state index is 0. The molecule has 173 valence electrons. The summed E-state index contributed by atoms with van der Waals surface area (Å²) in [6.07, 6.45) is 18.5. The molecule has 8 N–H and O–H groups in total. The quantitative estimate of drug-likeness (QED) is 0.491. The average molecular weight is 460 g/mol. The average Bonchev–Trinajstić information content (AvgIpc) is 2.72. The molecule has 3 saturated heterocycles. The molecule has 0 amide bonds. The summed E-state index contributed by atoms with van der Waals surface area (Å²) >= 11 is 0. The monoisotopic (exact) mass is 459 g/mol. The van der Waals surface area contributed by atoms with Gasteiger partial charge in [0.05, 0.1) is 0 Å². The topological polar surface area (TPSA) is 146 Å². The molecule has 0 aromatic rings. The van der Waals surface area contributed by atoms with E-state index in [9.17, 15) is 0 Å². The molecule has 0 aromatic heterocycles. The first kappa shape index (κ1) is 28.4. The molecule has 0 spiro atoms. The van der Waals surface area contributed by atoms with E-state index in [-0.39, 0.29) is 28.0 Å². The van der Waals surface area contributed by atoms with Crippen molar-refractivity contribution in [1.29, 1.82) is 0 Å². The Morgan fingerprint density at radius 2 is 1.24 bits per heavy atom. The first-order chi connectivity index (χ1) is 12.9. The van der Waals surface area contributed by atoms with E-state index >= 15 is 0 Å². The zero-order valence-electron chi connectivity index (χ0n) is 17.4. The van der Waals surface area contributed by atoms with Crippen LogP contribution in [-0.2, 0) is 28.0 Å². The third kappa shape index (κ3) is 11.4. The van der Waals surface area contributed by atoms with Crippen molar-refractivity contribution >= 4 is 0 Å². The Hall–Kier alpha value is -0.641. The van der Waals surface area contributed by atoms with Crippen LogP contribution in [0.2, 0.25) is 0 Å². The summed E-state index contributed by atoms with van der Waals surface area (Å²) in [6, 6.07) is 0.